The van der Waals surface area contributed by atoms with Gasteiger partial charge in [-0.05, 0) is 34.0 Å². The molecule has 0 aliphatic heterocycles. The highest BCUT2D eigenvalue weighted by molar-refractivity contribution is 9.10. The molecule has 0 spiro atoms. The molecule has 0 amide bonds. The molecule has 0 saturated carbocycles. The Balaban J connectivity index is 2.28. The summed E-state index contributed by atoms with van der Waals surface area (Å²) in [5.41, 5.74) is 0.882. The summed E-state index contributed by atoms with van der Waals surface area (Å²) in [7, 11) is 0. The number of halogens is 2. The van der Waals surface area contributed by atoms with E-state index in [0.717, 1.165) is 5.69 Å². The highest BCUT2D eigenvalue weighted by atomic mass is 79.9. The first kappa shape index (κ1) is 13.0. The highest BCUT2D eigenvalue weighted by Crippen LogP contribution is 2.29. The van der Waals surface area contributed by atoms with Gasteiger partial charge in [-0.15, -0.1) is 0 Å². The molecule has 0 radical (unpaired) electrons. The summed E-state index contributed by atoms with van der Waals surface area (Å²) in [6, 6.07) is 6.01. The van der Waals surface area contributed by atoms with Gasteiger partial charge in [-0.25, -0.2) is 14.4 Å². The molecular formula is C13H12BrFN2O. The molecule has 0 atom stereocenters. The Morgan fingerprint density at radius 2 is 2.00 bits per heavy atom. The fourth-order valence-corrected chi connectivity index (χ4v) is 1.72. The Labute approximate surface area is 113 Å². The monoisotopic (exact) mass is 310 g/mol. The molecule has 0 aliphatic rings. The lowest BCUT2D eigenvalue weighted by Crippen LogP contribution is -1.96. The lowest BCUT2D eigenvalue weighted by atomic mass is 10.1. The second-order valence-corrected chi connectivity index (χ2v) is 4.97. The van der Waals surface area contributed by atoms with E-state index < -0.39 is 0 Å². The molecule has 2 aromatic rings. The topological polar surface area (TPSA) is 35.0 Å². The molecule has 0 bridgehead atoms. The standard InChI is InChI=1S/C13H12BrFN2O/c1-8(2)11-6-13(17-7-16-11)18-12-5-9(15)3-4-10(12)14/h3-8H,1-2H3. The van der Waals surface area contributed by atoms with E-state index in [2.05, 4.69) is 25.9 Å². The lowest BCUT2D eigenvalue weighted by molar-refractivity contribution is 0.452. The van der Waals surface area contributed by atoms with Gasteiger partial charge in [0.1, 0.15) is 17.9 Å². The zero-order valence-electron chi connectivity index (χ0n) is 10.0. The van der Waals surface area contributed by atoms with Crippen LogP contribution in [0.4, 0.5) is 4.39 Å². The normalized spacial score (nSPS) is 10.7. The summed E-state index contributed by atoms with van der Waals surface area (Å²) in [5, 5.41) is 0. The average molecular weight is 311 g/mol. The number of hydrogen-bond donors (Lipinski definition) is 0. The maximum absolute atomic E-state index is 13.1. The van der Waals surface area contributed by atoms with Gasteiger partial charge in [0, 0.05) is 12.1 Å². The number of benzene rings is 1. The minimum atomic E-state index is -0.355. The highest BCUT2D eigenvalue weighted by Gasteiger charge is 2.08. The van der Waals surface area contributed by atoms with Gasteiger partial charge in [-0.1, -0.05) is 13.8 Å². The lowest BCUT2D eigenvalue weighted by Gasteiger charge is -2.09. The second kappa shape index (κ2) is 5.44. The minimum absolute atomic E-state index is 0.284. The summed E-state index contributed by atoms with van der Waals surface area (Å²) >= 11 is 3.30. The Hall–Kier alpha value is -1.49. The van der Waals surface area contributed by atoms with Crippen LogP contribution in [-0.4, -0.2) is 9.97 Å². The van der Waals surface area contributed by atoms with Gasteiger partial charge in [0.15, 0.2) is 0 Å². The SMILES string of the molecule is CC(C)c1cc(Oc2cc(F)ccc2Br)ncn1. The molecule has 3 nitrogen and oxygen atoms in total. The number of rotatable bonds is 3. The van der Waals surface area contributed by atoms with Crippen molar-refractivity contribution in [1.82, 2.24) is 9.97 Å². The fourth-order valence-electron chi connectivity index (χ4n) is 1.39. The van der Waals surface area contributed by atoms with Crippen LogP contribution in [0.1, 0.15) is 25.5 Å². The van der Waals surface area contributed by atoms with Crippen molar-refractivity contribution >= 4 is 15.9 Å². The molecule has 1 aromatic heterocycles. The summed E-state index contributed by atoms with van der Waals surface area (Å²) in [6.45, 7) is 4.06. The maximum Gasteiger partial charge on any atom is 0.222 e. The molecule has 0 fully saturated rings. The van der Waals surface area contributed by atoms with E-state index in [1.165, 1.54) is 18.5 Å². The summed E-state index contributed by atoms with van der Waals surface area (Å²) in [6.07, 6.45) is 1.44. The summed E-state index contributed by atoms with van der Waals surface area (Å²) in [4.78, 5) is 8.15. The van der Waals surface area contributed by atoms with E-state index in [-0.39, 0.29) is 11.7 Å². The Morgan fingerprint density at radius 1 is 1.22 bits per heavy atom. The molecule has 0 unspecified atom stereocenters. The van der Waals surface area contributed by atoms with Gasteiger partial charge in [0.25, 0.3) is 0 Å². The van der Waals surface area contributed by atoms with Crippen molar-refractivity contribution in [1.29, 1.82) is 0 Å². The maximum atomic E-state index is 13.1. The van der Waals surface area contributed by atoms with Crippen molar-refractivity contribution in [2.75, 3.05) is 0 Å². The molecule has 18 heavy (non-hydrogen) atoms. The van der Waals surface area contributed by atoms with Crippen LogP contribution < -0.4 is 4.74 Å². The smallest absolute Gasteiger partial charge is 0.222 e. The first-order valence-electron chi connectivity index (χ1n) is 5.51. The van der Waals surface area contributed by atoms with Gasteiger partial charge in [0.05, 0.1) is 10.2 Å². The first-order chi connectivity index (χ1) is 8.56. The molecular weight excluding hydrogens is 299 g/mol. The predicted molar refractivity (Wildman–Crippen MR) is 70.3 cm³/mol. The molecule has 0 saturated heterocycles. The zero-order valence-corrected chi connectivity index (χ0v) is 11.6. The van der Waals surface area contributed by atoms with E-state index in [1.807, 2.05) is 13.8 Å². The predicted octanol–water partition coefficient (Wildman–Crippen LogP) is 4.29. The molecule has 1 heterocycles. The van der Waals surface area contributed by atoms with Crippen LogP contribution in [0, 0.1) is 5.82 Å². The third-order valence-electron chi connectivity index (χ3n) is 2.36. The fraction of sp³-hybridized carbons (Fsp3) is 0.231. The van der Waals surface area contributed by atoms with Crippen LogP contribution in [-0.2, 0) is 0 Å². The molecule has 0 aliphatic carbocycles. The van der Waals surface area contributed by atoms with Gasteiger partial charge in [0.2, 0.25) is 5.88 Å². The van der Waals surface area contributed by atoms with Crippen LogP contribution >= 0.6 is 15.9 Å². The van der Waals surface area contributed by atoms with Gasteiger partial charge >= 0.3 is 0 Å². The van der Waals surface area contributed by atoms with Crippen LogP contribution in [0.2, 0.25) is 0 Å². The number of ether oxygens (including phenoxy) is 1. The van der Waals surface area contributed by atoms with Crippen LogP contribution in [0.5, 0.6) is 11.6 Å². The zero-order chi connectivity index (χ0) is 13.1. The van der Waals surface area contributed by atoms with Crippen molar-refractivity contribution < 1.29 is 9.13 Å². The number of nitrogens with zero attached hydrogens (tertiary/aromatic N) is 2. The molecule has 94 valence electrons. The van der Waals surface area contributed by atoms with E-state index in [1.54, 1.807) is 12.1 Å². The first-order valence-corrected chi connectivity index (χ1v) is 6.30. The van der Waals surface area contributed by atoms with Crippen molar-refractivity contribution in [2.24, 2.45) is 0 Å². The number of aromatic nitrogens is 2. The van der Waals surface area contributed by atoms with Crippen LogP contribution in [0.3, 0.4) is 0 Å². The van der Waals surface area contributed by atoms with E-state index in [9.17, 15) is 4.39 Å². The third kappa shape index (κ3) is 3.04. The van der Waals surface area contributed by atoms with Crippen molar-refractivity contribution in [2.45, 2.75) is 19.8 Å². The second-order valence-electron chi connectivity index (χ2n) is 4.11. The Bertz CT molecular complexity index is 560. The Kier molecular flexibility index (Phi) is 3.91. The number of hydrogen-bond acceptors (Lipinski definition) is 3. The Morgan fingerprint density at radius 3 is 2.72 bits per heavy atom. The van der Waals surface area contributed by atoms with E-state index in [4.69, 9.17) is 4.74 Å². The van der Waals surface area contributed by atoms with Crippen LogP contribution in [0.15, 0.2) is 35.1 Å². The molecule has 5 heteroatoms. The molecule has 0 N–H and O–H groups in total. The molecule has 1 aromatic carbocycles. The average Bonchev–Trinajstić information content (AvgIpc) is 2.34. The quantitative estimate of drug-likeness (QED) is 0.848. The van der Waals surface area contributed by atoms with Crippen molar-refractivity contribution in [3.8, 4) is 11.6 Å². The van der Waals surface area contributed by atoms with Gasteiger partial charge in [-0.3, -0.25) is 0 Å². The minimum Gasteiger partial charge on any atom is -0.438 e. The summed E-state index contributed by atoms with van der Waals surface area (Å²) in [5.74, 6) is 0.723. The van der Waals surface area contributed by atoms with Crippen LogP contribution in [0.25, 0.3) is 0 Å². The summed E-state index contributed by atoms with van der Waals surface area (Å²) < 4.78 is 19.3. The largest absolute Gasteiger partial charge is 0.438 e. The van der Waals surface area contributed by atoms with Gasteiger partial charge < -0.3 is 4.74 Å². The van der Waals surface area contributed by atoms with Crippen molar-refractivity contribution in [3.05, 3.63) is 46.6 Å². The van der Waals surface area contributed by atoms with E-state index >= 15 is 0 Å². The van der Waals surface area contributed by atoms with Crippen molar-refractivity contribution in [3.63, 3.8) is 0 Å². The molecule has 2 rings (SSSR count). The third-order valence-corrected chi connectivity index (χ3v) is 3.02. The van der Waals surface area contributed by atoms with E-state index in [0.29, 0.717) is 16.1 Å². The van der Waals surface area contributed by atoms with Gasteiger partial charge in [-0.2, -0.15) is 0 Å².